The molecule has 0 radical (unpaired) electrons. The molecule has 146 valence electrons. The van der Waals surface area contributed by atoms with E-state index in [0.29, 0.717) is 43.3 Å². The van der Waals surface area contributed by atoms with Crippen molar-refractivity contribution in [1.29, 1.82) is 5.26 Å². The minimum Gasteiger partial charge on any atom is -0.444 e. The highest BCUT2D eigenvalue weighted by Gasteiger charge is 2.27. The van der Waals surface area contributed by atoms with Crippen LogP contribution in [0.3, 0.4) is 0 Å². The molecule has 0 bridgehead atoms. The van der Waals surface area contributed by atoms with Crippen LogP contribution < -0.4 is 4.90 Å². The summed E-state index contributed by atoms with van der Waals surface area (Å²) in [6, 6.07) is 11.7. The van der Waals surface area contributed by atoms with E-state index in [1.807, 2.05) is 25.7 Å². The second kappa shape index (κ2) is 7.85. The molecule has 0 N–H and O–H groups in total. The smallest absolute Gasteiger partial charge is 0.410 e. The summed E-state index contributed by atoms with van der Waals surface area (Å²) in [4.78, 5) is 20.5. The van der Waals surface area contributed by atoms with Crippen molar-refractivity contribution in [1.82, 2.24) is 9.88 Å². The number of aromatic nitrogens is 1. The standard InChI is InChI=1S/C21H23FN4O2/c1-21(2,3)28-20(27)26-12-10-25(11-13-26)19-16(14-23)6-9-18(24-19)15-4-7-17(22)8-5-15/h4-9H,10-13H2,1-3H3. The van der Waals surface area contributed by atoms with Crippen molar-refractivity contribution in [2.75, 3.05) is 31.1 Å². The molecule has 1 aliphatic rings. The molecule has 1 saturated heterocycles. The van der Waals surface area contributed by atoms with Crippen LogP contribution in [0.25, 0.3) is 11.3 Å². The molecule has 2 heterocycles. The molecular formula is C21H23FN4O2. The highest BCUT2D eigenvalue weighted by molar-refractivity contribution is 5.69. The summed E-state index contributed by atoms with van der Waals surface area (Å²) in [6.45, 7) is 7.59. The number of carbonyl (C=O) groups is 1. The van der Waals surface area contributed by atoms with Crippen LogP contribution in [0.15, 0.2) is 36.4 Å². The molecule has 0 unspecified atom stereocenters. The fourth-order valence-electron chi connectivity index (χ4n) is 2.99. The third-order valence-corrected chi connectivity index (χ3v) is 4.37. The van der Waals surface area contributed by atoms with Crippen molar-refractivity contribution < 1.29 is 13.9 Å². The predicted octanol–water partition coefficient (Wildman–Crippen LogP) is 3.82. The number of rotatable bonds is 2. The molecule has 1 aliphatic heterocycles. The predicted molar refractivity (Wildman–Crippen MR) is 104 cm³/mol. The van der Waals surface area contributed by atoms with Gasteiger partial charge < -0.3 is 14.5 Å². The Morgan fingerprint density at radius 3 is 2.32 bits per heavy atom. The van der Waals surface area contributed by atoms with Crippen molar-refractivity contribution in [3.05, 3.63) is 47.8 Å². The number of ether oxygens (including phenoxy) is 1. The van der Waals surface area contributed by atoms with Crippen molar-refractivity contribution in [2.24, 2.45) is 0 Å². The van der Waals surface area contributed by atoms with Gasteiger partial charge in [0.15, 0.2) is 0 Å². The minimum absolute atomic E-state index is 0.309. The van der Waals surface area contributed by atoms with Gasteiger partial charge in [-0.1, -0.05) is 0 Å². The van der Waals surface area contributed by atoms with E-state index in [4.69, 9.17) is 4.74 Å². The fourth-order valence-corrected chi connectivity index (χ4v) is 2.99. The third kappa shape index (κ3) is 4.58. The monoisotopic (exact) mass is 382 g/mol. The number of halogens is 1. The maximum atomic E-state index is 13.2. The maximum Gasteiger partial charge on any atom is 0.410 e. The molecule has 1 fully saturated rings. The molecule has 1 aromatic heterocycles. The van der Waals surface area contributed by atoms with Gasteiger partial charge in [0.2, 0.25) is 0 Å². The van der Waals surface area contributed by atoms with Gasteiger partial charge in [0.05, 0.1) is 11.3 Å². The number of anilines is 1. The second-order valence-corrected chi connectivity index (χ2v) is 7.64. The Morgan fingerprint density at radius 2 is 1.75 bits per heavy atom. The van der Waals surface area contributed by atoms with E-state index in [2.05, 4.69) is 11.1 Å². The van der Waals surface area contributed by atoms with Crippen molar-refractivity contribution in [3.63, 3.8) is 0 Å². The first-order chi connectivity index (χ1) is 13.3. The third-order valence-electron chi connectivity index (χ3n) is 4.37. The number of amides is 1. The van der Waals surface area contributed by atoms with E-state index in [9.17, 15) is 14.4 Å². The number of nitriles is 1. The van der Waals surface area contributed by atoms with E-state index >= 15 is 0 Å². The first-order valence-electron chi connectivity index (χ1n) is 9.17. The molecule has 28 heavy (non-hydrogen) atoms. The number of hydrogen-bond acceptors (Lipinski definition) is 5. The molecular weight excluding hydrogens is 359 g/mol. The molecule has 7 heteroatoms. The summed E-state index contributed by atoms with van der Waals surface area (Å²) in [7, 11) is 0. The zero-order valence-electron chi connectivity index (χ0n) is 16.3. The number of benzene rings is 1. The van der Waals surface area contributed by atoms with Gasteiger partial charge in [-0.25, -0.2) is 14.2 Å². The van der Waals surface area contributed by atoms with Gasteiger partial charge in [0, 0.05) is 31.7 Å². The van der Waals surface area contributed by atoms with Crippen molar-refractivity contribution >= 4 is 11.9 Å². The average Bonchev–Trinajstić information content (AvgIpc) is 2.67. The molecule has 1 aromatic carbocycles. The van der Waals surface area contributed by atoms with Gasteiger partial charge in [-0.15, -0.1) is 0 Å². The fraction of sp³-hybridized carbons (Fsp3) is 0.381. The average molecular weight is 382 g/mol. The summed E-state index contributed by atoms with van der Waals surface area (Å²) >= 11 is 0. The molecule has 1 amide bonds. The topological polar surface area (TPSA) is 69.5 Å². The van der Waals surface area contributed by atoms with E-state index in [-0.39, 0.29) is 11.9 Å². The Balaban J connectivity index is 1.77. The first-order valence-corrected chi connectivity index (χ1v) is 9.17. The number of piperazine rings is 1. The summed E-state index contributed by atoms with van der Waals surface area (Å²) < 4.78 is 18.6. The van der Waals surface area contributed by atoms with Crippen LogP contribution in [0.4, 0.5) is 15.0 Å². The van der Waals surface area contributed by atoms with E-state index < -0.39 is 5.60 Å². The zero-order valence-corrected chi connectivity index (χ0v) is 16.3. The van der Waals surface area contributed by atoms with Gasteiger partial charge in [-0.2, -0.15) is 5.26 Å². The van der Waals surface area contributed by atoms with Crippen LogP contribution in [0.5, 0.6) is 0 Å². The highest BCUT2D eigenvalue weighted by atomic mass is 19.1. The molecule has 0 spiro atoms. The molecule has 0 saturated carbocycles. The summed E-state index contributed by atoms with van der Waals surface area (Å²) in [6.07, 6.45) is -0.333. The molecule has 2 aromatic rings. The Hall–Kier alpha value is -3.14. The Bertz CT molecular complexity index is 892. The van der Waals surface area contributed by atoms with Crippen LogP contribution in [-0.4, -0.2) is 47.8 Å². The van der Waals surface area contributed by atoms with E-state index in [0.717, 1.165) is 5.56 Å². The SMILES string of the molecule is CC(C)(C)OC(=O)N1CCN(c2nc(-c3ccc(F)cc3)ccc2C#N)CC1. The van der Waals surface area contributed by atoms with E-state index in [1.165, 1.54) is 12.1 Å². The molecule has 3 rings (SSSR count). The van der Waals surface area contributed by atoms with Crippen molar-refractivity contribution in [3.8, 4) is 17.3 Å². The molecule has 6 nitrogen and oxygen atoms in total. The van der Waals surface area contributed by atoms with Gasteiger partial charge in [0.1, 0.15) is 23.3 Å². The lowest BCUT2D eigenvalue weighted by Gasteiger charge is -2.36. The summed E-state index contributed by atoms with van der Waals surface area (Å²) in [5.41, 5.74) is 1.38. The van der Waals surface area contributed by atoms with Crippen LogP contribution >= 0.6 is 0 Å². The lowest BCUT2D eigenvalue weighted by atomic mass is 10.1. The number of carbonyl (C=O) groups excluding carboxylic acids is 1. The highest BCUT2D eigenvalue weighted by Crippen LogP contribution is 2.25. The number of nitrogens with zero attached hydrogens (tertiary/aromatic N) is 4. The lowest BCUT2D eigenvalue weighted by molar-refractivity contribution is 0.0240. The Morgan fingerprint density at radius 1 is 1.11 bits per heavy atom. The lowest BCUT2D eigenvalue weighted by Crippen LogP contribution is -2.50. The quantitative estimate of drug-likeness (QED) is 0.790. The Kier molecular flexibility index (Phi) is 5.50. The molecule has 0 aliphatic carbocycles. The number of hydrogen-bond donors (Lipinski definition) is 0. The van der Waals surface area contributed by atoms with Crippen molar-refractivity contribution in [2.45, 2.75) is 26.4 Å². The van der Waals surface area contributed by atoms with Crippen LogP contribution in [0.1, 0.15) is 26.3 Å². The van der Waals surface area contributed by atoms with Gasteiger partial charge >= 0.3 is 6.09 Å². The van der Waals surface area contributed by atoms with Crippen LogP contribution in [0.2, 0.25) is 0 Å². The Labute approximate surface area is 164 Å². The van der Waals surface area contributed by atoms with Gasteiger partial charge in [-0.3, -0.25) is 0 Å². The van der Waals surface area contributed by atoms with E-state index in [1.54, 1.807) is 29.2 Å². The summed E-state index contributed by atoms with van der Waals surface area (Å²) in [5, 5.41) is 9.46. The van der Waals surface area contributed by atoms with Gasteiger partial charge in [-0.05, 0) is 57.2 Å². The summed E-state index contributed by atoms with van der Waals surface area (Å²) in [5.74, 6) is 0.268. The van der Waals surface area contributed by atoms with Crippen LogP contribution in [-0.2, 0) is 4.74 Å². The maximum absolute atomic E-state index is 13.2. The van der Waals surface area contributed by atoms with Gasteiger partial charge in [0.25, 0.3) is 0 Å². The van der Waals surface area contributed by atoms with Crippen LogP contribution in [0, 0.1) is 17.1 Å². The second-order valence-electron chi connectivity index (χ2n) is 7.64. The minimum atomic E-state index is -0.534. The number of pyridine rings is 1. The first kappa shape index (κ1) is 19.6. The normalized spacial score (nSPS) is 14.5. The molecule has 0 atom stereocenters. The zero-order chi connectivity index (χ0) is 20.3. The largest absolute Gasteiger partial charge is 0.444 e.